The molecular weight excluding hydrogens is 257 g/mol. The molecule has 0 fully saturated rings. The maximum absolute atomic E-state index is 12.7. The topological polar surface area (TPSA) is 45.4 Å². The number of oxime groups is 1. The van der Waals surface area contributed by atoms with Crippen molar-refractivity contribution in [2.75, 3.05) is 6.61 Å². The summed E-state index contributed by atoms with van der Waals surface area (Å²) in [4.78, 5) is 4.23. The third-order valence-electron chi connectivity index (χ3n) is 1.68. The van der Waals surface area contributed by atoms with Crippen LogP contribution in [0.4, 0.5) is 13.2 Å². The molecule has 1 rings (SSSR count). The van der Waals surface area contributed by atoms with Crippen LogP contribution in [-0.4, -0.2) is 18.5 Å². The zero-order valence-corrected chi connectivity index (χ0v) is 9.09. The number of hydrogen-bond acceptors (Lipinski definition) is 3. The molecule has 0 aliphatic carbocycles. The van der Waals surface area contributed by atoms with E-state index in [-0.39, 0.29) is 10.6 Å². The van der Waals surface area contributed by atoms with Crippen molar-refractivity contribution in [3.63, 3.8) is 0 Å². The Morgan fingerprint density at radius 1 is 1.41 bits per heavy atom. The number of nitrogens with zero attached hydrogens (tertiary/aromatic N) is 2. The van der Waals surface area contributed by atoms with E-state index in [4.69, 9.17) is 16.9 Å². The van der Waals surface area contributed by atoms with Gasteiger partial charge in [-0.2, -0.15) is 18.4 Å². The normalized spacial score (nSPS) is 12.1. The van der Waals surface area contributed by atoms with Crippen LogP contribution in [0.3, 0.4) is 0 Å². The molecule has 0 amide bonds. The average Bonchev–Trinajstić information content (AvgIpc) is 2.24. The van der Waals surface area contributed by atoms with E-state index in [1.807, 2.05) is 0 Å². The van der Waals surface area contributed by atoms with E-state index in [9.17, 15) is 13.2 Å². The number of nitriles is 1. The summed E-state index contributed by atoms with van der Waals surface area (Å²) in [7, 11) is 0. The fourth-order valence-electron chi connectivity index (χ4n) is 1.03. The average molecular weight is 263 g/mol. The highest BCUT2D eigenvalue weighted by Crippen LogP contribution is 2.27. The Morgan fingerprint density at radius 2 is 2.06 bits per heavy atom. The van der Waals surface area contributed by atoms with Gasteiger partial charge in [-0.05, 0) is 6.07 Å². The van der Waals surface area contributed by atoms with E-state index < -0.39 is 18.5 Å². The summed E-state index contributed by atoms with van der Waals surface area (Å²) < 4.78 is 38.0. The molecule has 0 spiro atoms. The fraction of sp³-hybridized carbons (Fsp3) is 0.200. The minimum atomic E-state index is -4.71. The van der Waals surface area contributed by atoms with Crippen molar-refractivity contribution >= 4 is 17.3 Å². The lowest BCUT2D eigenvalue weighted by molar-refractivity contribution is -0.0611. The van der Waals surface area contributed by atoms with Gasteiger partial charge >= 0.3 is 6.18 Å². The molecule has 0 radical (unpaired) electrons. The molecule has 0 saturated carbocycles. The molecule has 0 aliphatic heterocycles. The van der Waals surface area contributed by atoms with Crippen LogP contribution in [0.15, 0.2) is 29.4 Å². The minimum Gasteiger partial charge on any atom is -0.380 e. The number of benzene rings is 1. The molecule has 7 heteroatoms. The fourth-order valence-corrected chi connectivity index (χ4v) is 1.26. The highest BCUT2D eigenvalue weighted by molar-refractivity contribution is 6.34. The predicted octanol–water partition coefficient (Wildman–Crippen LogP) is 3.15. The van der Waals surface area contributed by atoms with E-state index in [1.54, 1.807) is 0 Å². The van der Waals surface area contributed by atoms with Crippen molar-refractivity contribution in [1.29, 1.82) is 5.26 Å². The largest absolute Gasteiger partial charge is 0.437 e. The van der Waals surface area contributed by atoms with E-state index >= 15 is 0 Å². The van der Waals surface area contributed by atoms with Crippen molar-refractivity contribution in [2.24, 2.45) is 5.16 Å². The Kier molecular flexibility index (Phi) is 4.35. The molecule has 90 valence electrons. The Balaban J connectivity index is 3.13. The van der Waals surface area contributed by atoms with Crippen LogP contribution in [0.25, 0.3) is 0 Å². The monoisotopic (exact) mass is 262 g/mol. The third-order valence-corrected chi connectivity index (χ3v) is 2.01. The van der Waals surface area contributed by atoms with Crippen molar-refractivity contribution in [3.05, 3.63) is 34.9 Å². The molecule has 0 unspecified atom stereocenters. The summed E-state index contributed by atoms with van der Waals surface area (Å²) >= 11 is 5.64. The summed E-state index contributed by atoms with van der Waals surface area (Å²) in [6.45, 7) is -0.565. The standard InChI is InChI=1S/C10H6ClF3N2O/c11-8-4-2-1-3-7(8)9(10(12,13)14)16-17-6-5-15/h1-4H,6H2. The Bertz CT molecular complexity index is 465. The van der Waals surface area contributed by atoms with Gasteiger partial charge < -0.3 is 4.84 Å². The summed E-state index contributed by atoms with van der Waals surface area (Å²) in [5, 5.41) is 11.0. The number of hydrogen-bond donors (Lipinski definition) is 0. The van der Waals surface area contributed by atoms with E-state index in [2.05, 4.69) is 9.99 Å². The molecule has 0 N–H and O–H groups in total. The van der Waals surface area contributed by atoms with Gasteiger partial charge in [0.15, 0.2) is 5.71 Å². The second kappa shape index (κ2) is 5.55. The van der Waals surface area contributed by atoms with Crippen LogP contribution in [0.1, 0.15) is 5.56 Å². The van der Waals surface area contributed by atoms with Crippen LogP contribution in [-0.2, 0) is 4.84 Å². The van der Waals surface area contributed by atoms with E-state index in [0.717, 1.165) is 0 Å². The molecule has 3 nitrogen and oxygen atoms in total. The maximum atomic E-state index is 12.7. The zero-order valence-electron chi connectivity index (χ0n) is 8.33. The Hall–Kier alpha value is -1.74. The smallest absolute Gasteiger partial charge is 0.380 e. The molecule has 0 aliphatic rings. The molecule has 0 heterocycles. The van der Waals surface area contributed by atoms with E-state index in [0.29, 0.717) is 0 Å². The van der Waals surface area contributed by atoms with Crippen molar-refractivity contribution < 1.29 is 18.0 Å². The second-order valence-electron chi connectivity index (χ2n) is 2.85. The summed E-state index contributed by atoms with van der Waals surface area (Å²) in [6.07, 6.45) is -4.71. The molecule has 0 aromatic heterocycles. The number of alkyl halides is 3. The van der Waals surface area contributed by atoms with Crippen molar-refractivity contribution in [3.8, 4) is 6.07 Å². The summed E-state index contributed by atoms with van der Waals surface area (Å²) in [5.41, 5.74) is -1.56. The van der Waals surface area contributed by atoms with E-state index in [1.165, 1.54) is 30.3 Å². The van der Waals surface area contributed by atoms with Crippen molar-refractivity contribution in [2.45, 2.75) is 6.18 Å². The molecule has 1 aromatic carbocycles. The van der Waals surface area contributed by atoms with Gasteiger partial charge in [-0.1, -0.05) is 35.0 Å². The molecule has 17 heavy (non-hydrogen) atoms. The van der Waals surface area contributed by atoms with Crippen LogP contribution in [0, 0.1) is 11.3 Å². The molecule has 0 atom stereocenters. The van der Waals surface area contributed by atoms with Crippen LogP contribution >= 0.6 is 11.6 Å². The van der Waals surface area contributed by atoms with Gasteiger partial charge in [0.25, 0.3) is 0 Å². The SMILES string of the molecule is N#CCON=C(c1ccccc1Cl)C(F)(F)F. The number of halogens is 4. The second-order valence-corrected chi connectivity index (χ2v) is 3.26. The highest BCUT2D eigenvalue weighted by atomic mass is 35.5. The first kappa shape index (κ1) is 13.3. The van der Waals surface area contributed by atoms with Gasteiger partial charge in [0.1, 0.15) is 6.07 Å². The quantitative estimate of drug-likeness (QED) is 0.477. The van der Waals surface area contributed by atoms with Crippen LogP contribution < -0.4 is 0 Å². The first-order chi connectivity index (χ1) is 7.96. The highest BCUT2D eigenvalue weighted by Gasteiger charge is 2.38. The summed E-state index contributed by atoms with van der Waals surface area (Å²) in [6, 6.07) is 6.88. The first-order valence-corrected chi connectivity index (χ1v) is 4.73. The van der Waals surface area contributed by atoms with Gasteiger partial charge in [0.2, 0.25) is 6.61 Å². The lowest BCUT2D eigenvalue weighted by Crippen LogP contribution is -2.24. The molecule has 0 saturated heterocycles. The Labute approximate surface area is 100 Å². The minimum absolute atomic E-state index is 0.0934. The lowest BCUT2D eigenvalue weighted by Gasteiger charge is -2.10. The predicted molar refractivity (Wildman–Crippen MR) is 55.6 cm³/mol. The van der Waals surface area contributed by atoms with Crippen LogP contribution in [0.5, 0.6) is 0 Å². The maximum Gasteiger partial charge on any atom is 0.437 e. The van der Waals surface area contributed by atoms with Gasteiger partial charge in [-0.25, -0.2) is 0 Å². The Morgan fingerprint density at radius 3 is 2.59 bits per heavy atom. The van der Waals surface area contributed by atoms with Gasteiger partial charge in [-0.3, -0.25) is 0 Å². The first-order valence-electron chi connectivity index (χ1n) is 4.36. The third kappa shape index (κ3) is 3.64. The molecular formula is C10H6ClF3N2O. The van der Waals surface area contributed by atoms with Gasteiger partial charge in [0, 0.05) is 5.56 Å². The summed E-state index contributed by atoms with van der Waals surface area (Å²) in [5.74, 6) is 0. The molecule has 0 bridgehead atoms. The molecule has 1 aromatic rings. The number of rotatable bonds is 3. The van der Waals surface area contributed by atoms with Gasteiger partial charge in [0.05, 0.1) is 5.02 Å². The van der Waals surface area contributed by atoms with Crippen molar-refractivity contribution in [1.82, 2.24) is 0 Å². The van der Waals surface area contributed by atoms with Gasteiger partial charge in [-0.15, -0.1) is 0 Å². The van der Waals surface area contributed by atoms with Crippen LogP contribution in [0.2, 0.25) is 5.02 Å². The zero-order chi connectivity index (χ0) is 12.9. The lowest BCUT2D eigenvalue weighted by atomic mass is 10.1.